The van der Waals surface area contributed by atoms with Gasteiger partial charge in [0.1, 0.15) is 0 Å². The van der Waals surface area contributed by atoms with Crippen LogP contribution in [0.15, 0.2) is 36.4 Å². The lowest BCUT2D eigenvalue weighted by atomic mass is 9.95. The Labute approximate surface area is 97.8 Å². The molecule has 3 rings (SSSR count). The first kappa shape index (κ1) is 9.99. The van der Waals surface area contributed by atoms with Crippen LogP contribution in [-0.2, 0) is 0 Å². The fourth-order valence-electron chi connectivity index (χ4n) is 2.23. The molecule has 0 unspecified atom stereocenters. The quantitative estimate of drug-likeness (QED) is 0.751. The Kier molecular flexibility index (Phi) is 2.00. The first-order chi connectivity index (χ1) is 8.24. The van der Waals surface area contributed by atoms with Gasteiger partial charge in [-0.3, -0.25) is 9.59 Å². The van der Waals surface area contributed by atoms with E-state index in [2.05, 4.69) is 5.43 Å². The van der Waals surface area contributed by atoms with Gasteiger partial charge in [0, 0.05) is 12.4 Å². The molecule has 0 fully saturated rings. The lowest BCUT2D eigenvalue weighted by Crippen LogP contribution is -2.47. The minimum Gasteiger partial charge on any atom is -0.267 e. The number of hydrazine groups is 1. The van der Waals surface area contributed by atoms with Crippen molar-refractivity contribution in [2.45, 2.75) is 0 Å². The molecule has 2 aromatic rings. The molecule has 4 nitrogen and oxygen atoms in total. The van der Waals surface area contributed by atoms with Crippen molar-refractivity contribution in [2.24, 2.45) is 0 Å². The molecular weight excluding hydrogens is 216 g/mol. The highest BCUT2D eigenvalue weighted by atomic mass is 16.2. The highest BCUT2D eigenvalue weighted by Crippen LogP contribution is 2.28. The Morgan fingerprint density at radius 3 is 1.94 bits per heavy atom. The molecule has 1 heterocycles. The van der Waals surface area contributed by atoms with Crippen LogP contribution in [0.25, 0.3) is 10.8 Å². The van der Waals surface area contributed by atoms with Crippen LogP contribution < -0.4 is 5.43 Å². The van der Waals surface area contributed by atoms with Gasteiger partial charge >= 0.3 is 0 Å². The molecule has 0 radical (unpaired) electrons. The molecule has 0 atom stereocenters. The molecule has 1 N–H and O–H groups in total. The Morgan fingerprint density at radius 2 is 1.47 bits per heavy atom. The Balaban J connectivity index is 2.43. The molecule has 1 aliphatic rings. The summed E-state index contributed by atoms with van der Waals surface area (Å²) >= 11 is 0. The van der Waals surface area contributed by atoms with Crippen LogP contribution in [0.5, 0.6) is 0 Å². The number of nitrogens with zero attached hydrogens (tertiary/aromatic N) is 1. The summed E-state index contributed by atoms with van der Waals surface area (Å²) in [6.45, 7) is 0. The van der Waals surface area contributed by atoms with Gasteiger partial charge in [0.05, 0.1) is 11.1 Å². The Hall–Kier alpha value is -2.20. The topological polar surface area (TPSA) is 49.4 Å². The van der Waals surface area contributed by atoms with Crippen molar-refractivity contribution >= 4 is 22.6 Å². The summed E-state index contributed by atoms with van der Waals surface area (Å²) in [5.41, 5.74) is 3.75. The lowest BCUT2D eigenvalue weighted by Gasteiger charge is -2.25. The molecule has 84 valence electrons. The summed E-state index contributed by atoms with van der Waals surface area (Å²) in [4.78, 5) is 24.2. The van der Waals surface area contributed by atoms with Crippen LogP contribution in [0.3, 0.4) is 0 Å². The van der Waals surface area contributed by atoms with E-state index in [9.17, 15) is 9.59 Å². The van der Waals surface area contributed by atoms with Gasteiger partial charge in [0.15, 0.2) is 0 Å². The highest BCUT2D eigenvalue weighted by Gasteiger charge is 2.31. The zero-order chi connectivity index (χ0) is 12.0. The molecule has 0 bridgehead atoms. The standard InChI is InChI=1S/C13H10N2O2/c1-14-15-12(16)9-6-2-4-8-5-3-7-10(11(8)9)13(15)17/h2-7,14H,1H3. The summed E-state index contributed by atoms with van der Waals surface area (Å²) in [6, 6.07) is 10.9. The predicted molar refractivity (Wildman–Crippen MR) is 63.5 cm³/mol. The summed E-state index contributed by atoms with van der Waals surface area (Å²) in [7, 11) is 1.56. The number of benzene rings is 2. The van der Waals surface area contributed by atoms with E-state index in [4.69, 9.17) is 0 Å². The second kappa shape index (κ2) is 3.40. The second-order valence-electron chi connectivity index (χ2n) is 3.88. The highest BCUT2D eigenvalue weighted by molar-refractivity contribution is 6.25. The maximum absolute atomic E-state index is 12.1. The van der Waals surface area contributed by atoms with Gasteiger partial charge < -0.3 is 0 Å². The summed E-state index contributed by atoms with van der Waals surface area (Å²) < 4.78 is 0. The molecule has 1 aliphatic heterocycles. The van der Waals surface area contributed by atoms with Gasteiger partial charge in [-0.15, -0.1) is 0 Å². The van der Waals surface area contributed by atoms with E-state index < -0.39 is 0 Å². The van der Waals surface area contributed by atoms with E-state index >= 15 is 0 Å². The van der Waals surface area contributed by atoms with Crippen molar-refractivity contribution in [1.29, 1.82) is 0 Å². The van der Waals surface area contributed by atoms with Crippen molar-refractivity contribution in [3.63, 3.8) is 0 Å². The van der Waals surface area contributed by atoms with Crippen LogP contribution in [0.4, 0.5) is 0 Å². The maximum atomic E-state index is 12.1. The van der Waals surface area contributed by atoms with Crippen LogP contribution >= 0.6 is 0 Å². The van der Waals surface area contributed by atoms with Crippen molar-refractivity contribution in [3.8, 4) is 0 Å². The van der Waals surface area contributed by atoms with E-state index in [0.29, 0.717) is 11.1 Å². The SMILES string of the molecule is CNN1C(=O)c2cccc3cccc(c23)C1=O. The zero-order valence-corrected chi connectivity index (χ0v) is 9.23. The number of carbonyl (C=O) groups excluding carboxylic acids is 2. The van der Waals surface area contributed by atoms with Crippen molar-refractivity contribution in [3.05, 3.63) is 47.5 Å². The van der Waals surface area contributed by atoms with Crippen LogP contribution in [0.1, 0.15) is 20.7 Å². The Bertz CT molecular complexity index is 598. The zero-order valence-electron chi connectivity index (χ0n) is 9.23. The number of amides is 2. The predicted octanol–water partition coefficient (Wildman–Crippen LogP) is 1.57. The molecule has 0 aromatic heterocycles. The Morgan fingerprint density at radius 1 is 0.941 bits per heavy atom. The van der Waals surface area contributed by atoms with Gasteiger partial charge in [0.25, 0.3) is 11.8 Å². The van der Waals surface area contributed by atoms with Crippen molar-refractivity contribution in [1.82, 2.24) is 10.4 Å². The molecule has 0 saturated carbocycles. The third kappa shape index (κ3) is 1.21. The molecule has 0 spiro atoms. The van der Waals surface area contributed by atoms with E-state index in [1.165, 1.54) is 0 Å². The second-order valence-corrected chi connectivity index (χ2v) is 3.88. The summed E-state index contributed by atoms with van der Waals surface area (Å²) in [6.07, 6.45) is 0. The average Bonchev–Trinajstić information content (AvgIpc) is 2.36. The molecule has 0 aliphatic carbocycles. The number of imide groups is 1. The first-order valence-corrected chi connectivity index (χ1v) is 5.32. The monoisotopic (exact) mass is 226 g/mol. The third-order valence-electron chi connectivity index (χ3n) is 3.00. The van der Waals surface area contributed by atoms with Crippen molar-refractivity contribution in [2.75, 3.05) is 7.05 Å². The lowest BCUT2D eigenvalue weighted by molar-refractivity contribution is 0.0540. The number of hydrogen-bond acceptors (Lipinski definition) is 3. The number of rotatable bonds is 1. The maximum Gasteiger partial charge on any atom is 0.275 e. The minimum absolute atomic E-state index is 0.304. The average molecular weight is 226 g/mol. The molecular formula is C13H10N2O2. The fraction of sp³-hybridized carbons (Fsp3) is 0.0769. The number of carbonyl (C=O) groups is 2. The molecule has 2 amide bonds. The summed E-state index contributed by atoms with van der Waals surface area (Å²) in [5, 5.41) is 2.70. The van der Waals surface area contributed by atoms with E-state index in [1.54, 1.807) is 19.2 Å². The van der Waals surface area contributed by atoms with Gasteiger partial charge in [-0.25, -0.2) is 10.4 Å². The van der Waals surface area contributed by atoms with Gasteiger partial charge in [-0.2, -0.15) is 0 Å². The molecule has 2 aromatic carbocycles. The van der Waals surface area contributed by atoms with Crippen LogP contribution in [0, 0.1) is 0 Å². The largest absolute Gasteiger partial charge is 0.275 e. The smallest absolute Gasteiger partial charge is 0.267 e. The van der Waals surface area contributed by atoms with Crippen LogP contribution in [0.2, 0.25) is 0 Å². The van der Waals surface area contributed by atoms with E-state index in [1.807, 2.05) is 24.3 Å². The van der Waals surface area contributed by atoms with Crippen molar-refractivity contribution < 1.29 is 9.59 Å². The number of nitrogens with one attached hydrogen (secondary N) is 1. The number of hydrogen-bond donors (Lipinski definition) is 1. The van der Waals surface area contributed by atoms with Gasteiger partial charge in [-0.1, -0.05) is 24.3 Å². The van der Waals surface area contributed by atoms with E-state index in [0.717, 1.165) is 15.8 Å². The first-order valence-electron chi connectivity index (χ1n) is 5.32. The van der Waals surface area contributed by atoms with Gasteiger partial charge in [-0.05, 0) is 17.5 Å². The van der Waals surface area contributed by atoms with Crippen LogP contribution in [-0.4, -0.2) is 23.9 Å². The van der Waals surface area contributed by atoms with Gasteiger partial charge in [0.2, 0.25) is 0 Å². The third-order valence-corrected chi connectivity index (χ3v) is 3.00. The fourth-order valence-corrected chi connectivity index (χ4v) is 2.23. The molecule has 4 heteroatoms. The normalized spacial score (nSPS) is 14.5. The minimum atomic E-state index is -0.304. The molecule has 0 saturated heterocycles. The summed E-state index contributed by atoms with van der Waals surface area (Å²) in [5.74, 6) is -0.608. The van der Waals surface area contributed by atoms with E-state index in [-0.39, 0.29) is 11.8 Å². The molecule has 17 heavy (non-hydrogen) atoms.